The first-order valence-electron chi connectivity index (χ1n) is 18.4. The fourth-order valence-electron chi connectivity index (χ4n) is 8.59. The summed E-state index contributed by atoms with van der Waals surface area (Å²) in [7, 11) is 0. The fourth-order valence-corrected chi connectivity index (χ4v) is 8.59. The van der Waals surface area contributed by atoms with Crippen LogP contribution in [0.3, 0.4) is 0 Å². The summed E-state index contributed by atoms with van der Waals surface area (Å²) >= 11 is 0. The van der Waals surface area contributed by atoms with Crippen LogP contribution in [-0.4, -0.2) is 4.57 Å². The number of hydrogen-bond donors (Lipinski definition) is 0. The van der Waals surface area contributed by atoms with Crippen molar-refractivity contribution in [1.82, 2.24) is 4.57 Å². The molecule has 1 heterocycles. The van der Waals surface area contributed by atoms with Gasteiger partial charge in [-0.2, -0.15) is 0 Å². The Kier molecular flexibility index (Phi) is 7.19. The predicted octanol–water partition coefficient (Wildman–Crippen LogP) is 13.9. The van der Waals surface area contributed by atoms with Crippen LogP contribution in [0.4, 0.5) is 17.1 Å². The van der Waals surface area contributed by atoms with E-state index in [4.69, 9.17) is 0 Å². The highest BCUT2D eigenvalue weighted by atomic mass is 15.1. The Morgan fingerprint density at radius 1 is 0.396 bits per heavy atom. The van der Waals surface area contributed by atoms with Crippen LogP contribution in [-0.2, 0) is 5.41 Å². The molecular formula is C51H38N2. The average Bonchev–Trinajstić information content (AvgIpc) is 3.68. The van der Waals surface area contributed by atoms with Crippen LogP contribution in [0, 0.1) is 0 Å². The lowest BCUT2D eigenvalue weighted by Crippen LogP contribution is -2.16. The average molecular weight is 679 g/mol. The maximum Gasteiger partial charge on any atom is 0.0543 e. The number of para-hydroxylation sites is 2. The summed E-state index contributed by atoms with van der Waals surface area (Å²) in [5.41, 5.74) is 17.1. The third-order valence-electron chi connectivity index (χ3n) is 11.2. The van der Waals surface area contributed by atoms with Crippen LogP contribution in [0.5, 0.6) is 0 Å². The highest BCUT2D eigenvalue weighted by Crippen LogP contribution is 2.54. The zero-order chi connectivity index (χ0) is 35.5. The van der Waals surface area contributed by atoms with Gasteiger partial charge in [0.15, 0.2) is 0 Å². The van der Waals surface area contributed by atoms with Crippen molar-refractivity contribution in [1.29, 1.82) is 0 Å². The Balaban J connectivity index is 1.06. The van der Waals surface area contributed by atoms with Gasteiger partial charge in [0.25, 0.3) is 0 Å². The molecule has 0 saturated carbocycles. The van der Waals surface area contributed by atoms with Crippen molar-refractivity contribution in [2.45, 2.75) is 19.3 Å². The summed E-state index contributed by atoms with van der Waals surface area (Å²) in [5.74, 6) is 0. The van der Waals surface area contributed by atoms with Gasteiger partial charge in [0.2, 0.25) is 0 Å². The lowest BCUT2D eigenvalue weighted by atomic mass is 9.82. The molecule has 0 N–H and O–H groups in total. The van der Waals surface area contributed by atoms with E-state index >= 15 is 0 Å². The van der Waals surface area contributed by atoms with E-state index in [1.165, 1.54) is 72.0 Å². The van der Waals surface area contributed by atoms with Gasteiger partial charge in [-0.3, -0.25) is 0 Å². The molecule has 2 nitrogen and oxygen atoms in total. The second-order valence-electron chi connectivity index (χ2n) is 14.6. The Labute approximate surface area is 310 Å². The summed E-state index contributed by atoms with van der Waals surface area (Å²) in [6, 6.07) is 70.7. The molecule has 0 atom stereocenters. The maximum absolute atomic E-state index is 2.43. The number of aromatic nitrogens is 1. The van der Waals surface area contributed by atoms with Crippen molar-refractivity contribution in [3.63, 3.8) is 0 Å². The zero-order valence-corrected chi connectivity index (χ0v) is 29.9. The van der Waals surface area contributed by atoms with Crippen LogP contribution < -0.4 is 4.90 Å². The topological polar surface area (TPSA) is 8.17 Å². The summed E-state index contributed by atoms with van der Waals surface area (Å²) in [5, 5.41) is 2.55. The van der Waals surface area contributed by atoms with Crippen LogP contribution in [0.15, 0.2) is 194 Å². The summed E-state index contributed by atoms with van der Waals surface area (Å²) in [6.07, 6.45) is 0. The van der Waals surface area contributed by atoms with E-state index in [0.717, 1.165) is 17.1 Å². The maximum atomic E-state index is 2.43. The first kappa shape index (κ1) is 31.1. The predicted molar refractivity (Wildman–Crippen MR) is 224 cm³/mol. The van der Waals surface area contributed by atoms with Crippen molar-refractivity contribution in [2.75, 3.05) is 4.90 Å². The lowest BCUT2D eigenvalue weighted by molar-refractivity contribution is 0.660. The summed E-state index contributed by atoms with van der Waals surface area (Å²) in [6.45, 7) is 4.70. The highest BCUT2D eigenvalue weighted by molar-refractivity contribution is 6.09. The van der Waals surface area contributed by atoms with E-state index in [2.05, 4.69) is 217 Å². The molecule has 0 radical (unpaired) electrons. The lowest BCUT2D eigenvalue weighted by Gasteiger charge is -2.29. The summed E-state index contributed by atoms with van der Waals surface area (Å²) in [4.78, 5) is 2.43. The van der Waals surface area contributed by atoms with Crippen LogP contribution in [0.1, 0.15) is 25.0 Å². The van der Waals surface area contributed by atoms with Gasteiger partial charge in [0, 0.05) is 38.8 Å². The third kappa shape index (κ3) is 5.02. The number of benzene rings is 8. The smallest absolute Gasteiger partial charge is 0.0543 e. The molecule has 0 spiro atoms. The van der Waals surface area contributed by atoms with Gasteiger partial charge in [-0.1, -0.05) is 153 Å². The standard InChI is InChI=1S/C51H38N2/c1-51(2)45-18-9-6-17-44(45)50-46(51)19-12-22-49(50)52(39-29-23-36(24-30-39)35-13-4-3-5-14-35)40-31-25-37(26-32-40)38-27-33-41(34-28-38)53-47-20-10-7-15-42(47)43-16-8-11-21-48(43)53/h3-34H,1-2H3. The molecule has 0 amide bonds. The Hall–Kier alpha value is -6.64. The number of fused-ring (bicyclic) bond motifs is 6. The molecule has 9 aromatic rings. The van der Waals surface area contributed by atoms with Crippen molar-refractivity contribution < 1.29 is 0 Å². The second kappa shape index (κ2) is 12.3. The van der Waals surface area contributed by atoms with Gasteiger partial charge in [-0.25, -0.2) is 0 Å². The van der Waals surface area contributed by atoms with E-state index in [1.807, 2.05) is 0 Å². The molecule has 1 aromatic heterocycles. The molecule has 0 saturated heterocycles. The van der Waals surface area contributed by atoms with Crippen molar-refractivity contribution >= 4 is 38.9 Å². The van der Waals surface area contributed by atoms with Gasteiger partial charge in [-0.05, 0) is 93.5 Å². The Morgan fingerprint density at radius 2 is 0.868 bits per heavy atom. The van der Waals surface area contributed by atoms with E-state index in [0.29, 0.717) is 0 Å². The number of rotatable bonds is 6. The van der Waals surface area contributed by atoms with E-state index < -0.39 is 0 Å². The van der Waals surface area contributed by atoms with E-state index in [-0.39, 0.29) is 5.41 Å². The first-order chi connectivity index (χ1) is 26.1. The molecule has 0 aliphatic heterocycles. The molecule has 2 heteroatoms. The molecule has 8 aromatic carbocycles. The van der Waals surface area contributed by atoms with Gasteiger partial charge >= 0.3 is 0 Å². The molecule has 252 valence electrons. The zero-order valence-electron chi connectivity index (χ0n) is 29.9. The van der Waals surface area contributed by atoms with Crippen molar-refractivity contribution in [2.24, 2.45) is 0 Å². The molecule has 0 fully saturated rings. The number of anilines is 3. The van der Waals surface area contributed by atoms with Crippen LogP contribution >= 0.6 is 0 Å². The van der Waals surface area contributed by atoms with Gasteiger partial charge in [-0.15, -0.1) is 0 Å². The van der Waals surface area contributed by atoms with Gasteiger partial charge in [0.05, 0.1) is 16.7 Å². The molecule has 0 bridgehead atoms. The van der Waals surface area contributed by atoms with Crippen LogP contribution in [0.2, 0.25) is 0 Å². The van der Waals surface area contributed by atoms with Crippen molar-refractivity contribution in [3.05, 3.63) is 205 Å². The highest BCUT2D eigenvalue weighted by Gasteiger charge is 2.37. The van der Waals surface area contributed by atoms with E-state index in [9.17, 15) is 0 Å². The molecule has 1 aliphatic carbocycles. The first-order valence-corrected chi connectivity index (χ1v) is 18.4. The minimum absolute atomic E-state index is 0.0833. The summed E-state index contributed by atoms with van der Waals surface area (Å²) < 4.78 is 2.37. The SMILES string of the molecule is CC1(C)c2ccccc2-c2c(N(c3ccc(-c4ccccc4)cc3)c3ccc(-c4ccc(-n5c6ccccc6c6ccccc65)cc4)cc3)cccc21. The molecular weight excluding hydrogens is 641 g/mol. The molecule has 10 rings (SSSR count). The molecule has 0 unspecified atom stereocenters. The Bertz CT molecular complexity index is 2720. The fraction of sp³-hybridized carbons (Fsp3) is 0.0588. The normalized spacial score (nSPS) is 12.9. The van der Waals surface area contributed by atoms with Gasteiger partial charge < -0.3 is 9.47 Å². The second-order valence-corrected chi connectivity index (χ2v) is 14.6. The monoisotopic (exact) mass is 678 g/mol. The van der Waals surface area contributed by atoms with Crippen molar-refractivity contribution in [3.8, 4) is 39.1 Å². The molecule has 1 aliphatic rings. The minimum Gasteiger partial charge on any atom is -0.310 e. The van der Waals surface area contributed by atoms with Crippen LogP contribution in [0.25, 0.3) is 60.9 Å². The Morgan fingerprint density at radius 3 is 1.47 bits per heavy atom. The quantitative estimate of drug-likeness (QED) is 0.170. The van der Waals surface area contributed by atoms with Gasteiger partial charge in [0.1, 0.15) is 0 Å². The van der Waals surface area contributed by atoms with E-state index in [1.54, 1.807) is 0 Å². The number of nitrogens with zero attached hydrogens (tertiary/aromatic N) is 2. The minimum atomic E-state index is -0.0833. The third-order valence-corrected chi connectivity index (χ3v) is 11.2. The molecule has 53 heavy (non-hydrogen) atoms. The number of hydrogen-bond acceptors (Lipinski definition) is 1. The largest absolute Gasteiger partial charge is 0.310 e.